The van der Waals surface area contributed by atoms with Crippen molar-refractivity contribution >= 4 is 35.0 Å². The molecule has 1 N–H and O–H groups in total. The van der Waals surface area contributed by atoms with Crippen LogP contribution in [0, 0.1) is 0 Å². The summed E-state index contributed by atoms with van der Waals surface area (Å²) in [5, 5.41) is 4.12. The second-order valence-corrected chi connectivity index (χ2v) is 8.01. The van der Waals surface area contributed by atoms with Gasteiger partial charge in [-0.25, -0.2) is 0 Å². The maximum Gasteiger partial charge on any atom is 0.261 e. The van der Waals surface area contributed by atoms with E-state index < -0.39 is 6.04 Å². The lowest BCUT2D eigenvalue weighted by Crippen LogP contribution is -2.51. The zero-order valence-electron chi connectivity index (χ0n) is 17.5. The van der Waals surface area contributed by atoms with Crippen molar-refractivity contribution in [3.8, 4) is 5.75 Å². The molecule has 0 unspecified atom stereocenters. The molecule has 0 aliphatic carbocycles. The number of rotatable bonds is 10. The first-order valence-corrected chi connectivity index (χ1v) is 10.8. The lowest BCUT2D eigenvalue weighted by atomic mass is 10.1. The number of ether oxygens (including phenoxy) is 1. The van der Waals surface area contributed by atoms with Gasteiger partial charge in [-0.1, -0.05) is 55.2 Å². The normalized spacial score (nSPS) is 12.7. The third-order valence-corrected chi connectivity index (χ3v) is 5.30. The Morgan fingerprint density at radius 2 is 1.73 bits per heavy atom. The van der Waals surface area contributed by atoms with Gasteiger partial charge >= 0.3 is 0 Å². The van der Waals surface area contributed by atoms with Crippen LogP contribution < -0.4 is 10.1 Å². The highest BCUT2D eigenvalue weighted by molar-refractivity contribution is 6.30. The number of carbonyl (C=O) groups is 2. The molecule has 2 aromatic carbocycles. The minimum Gasteiger partial charge on any atom is -0.484 e. The Morgan fingerprint density at radius 3 is 2.33 bits per heavy atom. The van der Waals surface area contributed by atoms with E-state index in [0.717, 1.165) is 12.0 Å². The van der Waals surface area contributed by atoms with Gasteiger partial charge in [0.1, 0.15) is 11.8 Å². The van der Waals surface area contributed by atoms with E-state index in [2.05, 4.69) is 5.32 Å². The Bertz CT molecular complexity index is 843. The summed E-state index contributed by atoms with van der Waals surface area (Å²) in [6.45, 7) is 5.92. The van der Waals surface area contributed by atoms with Gasteiger partial charge in [0.05, 0.1) is 0 Å². The van der Waals surface area contributed by atoms with E-state index in [1.165, 1.54) is 0 Å². The Morgan fingerprint density at radius 1 is 1.03 bits per heavy atom. The van der Waals surface area contributed by atoms with Crippen molar-refractivity contribution in [3.05, 3.63) is 64.1 Å². The van der Waals surface area contributed by atoms with Crippen molar-refractivity contribution in [2.24, 2.45) is 0 Å². The maximum atomic E-state index is 13.1. The summed E-state index contributed by atoms with van der Waals surface area (Å²) < 4.78 is 5.63. The van der Waals surface area contributed by atoms with Crippen LogP contribution in [0.3, 0.4) is 0 Å². The fourth-order valence-corrected chi connectivity index (χ4v) is 3.24. The molecule has 0 saturated carbocycles. The molecule has 0 aliphatic rings. The number of amides is 2. The van der Waals surface area contributed by atoms with E-state index in [4.69, 9.17) is 27.9 Å². The highest BCUT2D eigenvalue weighted by Crippen LogP contribution is 2.19. The van der Waals surface area contributed by atoms with Gasteiger partial charge in [0.15, 0.2) is 6.61 Å². The van der Waals surface area contributed by atoms with Crippen molar-refractivity contribution in [2.75, 3.05) is 6.61 Å². The summed E-state index contributed by atoms with van der Waals surface area (Å²) in [6.07, 6.45) is 1.30. The van der Waals surface area contributed by atoms with Gasteiger partial charge in [-0.15, -0.1) is 0 Å². The van der Waals surface area contributed by atoms with E-state index in [1.807, 2.05) is 32.9 Å². The van der Waals surface area contributed by atoms with Crippen LogP contribution in [-0.2, 0) is 16.1 Å². The van der Waals surface area contributed by atoms with Crippen molar-refractivity contribution in [2.45, 2.75) is 52.2 Å². The second-order valence-electron chi connectivity index (χ2n) is 7.14. The molecule has 0 radical (unpaired) electrons. The van der Waals surface area contributed by atoms with Gasteiger partial charge in [0.25, 0.3) is 5.91 Å². The summed E-state index contributed by atoms with van der Waals surface area (Å²) in [5.41, 5.74) is 0.880. The molecule has 0 aromatic heterocycles. The van der Waals surface area contributed by atoms with Gasteiger partial charge in [-0.3, -0.25) is 9.59 Å². The Hall–Kier alpha value is -2.24. The molecule has 5 nitrogen and oxygen atoms in total. The fourth-order valence-electron chi connectivity index (χ4n) is 2.93. The zero-order valence-corrected chi connectivity index (χ0v) is 19.0. The smallest absolute Gasteiger partial charge is 0.261 e. The van der Waals surface area contributed by atoms with E-state index in [0.29, 0.717) is 22.2 Å². The first-order chi connectivity index (χ1) is 14.3. The SMILES string of the molecule is CC[C@H](C)NC(=O)[C@H](CC)N(Cc1ccc(Cl)cc1)C(=O)COc1cccc(Cl)c1. The molecule has 2 amide bonds. The van der Waals surface area contributed by atoms with Crippen molar-refractivity contribution < 1.29 is 14.3 Å². The molecule has 2 rings (SSSR count). The molecular formula is C23H28Cl2N2O3. The van der Waals surface area contributed by atoms with Crippen LogP contribution in [0.1, 0.15) is 39.2 Å². The first-order valence-electron chi connectivity index (χ1n) is 10.1. The summed E-state index contributed by atoms with van der Waals surface area (Å²) >= 11 is 12.0. The number of hydrogen-bond acceptors (Lipinski definition) is 3. The zero-order chi connectivity index (χ0) is 22.1. The standard InChI is InChI=1S/C23H28Cl2N2O3/c1-4-16(3)26-23(29)21(5-2)27(14-17-9-11-18(24)12-10-17)22(28)15-30-20-8-6-7-19(25)13-20/h6-13,16,21H,4-5,14-15H2,1-3H3,(H,26,29)/t16-,21-/m0/s1. The van der Waals surface area contributed by atoms with Crippen LogP contribution in [0.5, 0.6) is 5.75 Å². The molecule has 0 aliphatic heterocycles. The molecule has 7 heteroatoms. The van der Waals surface area contributed by atoms with Crippen LogP contribution in [0.2, 0.25) is 10.0 Å². The third-order valence-electron chi connectivity index (χ3n) is 4.81. The Balaban J connectivity index is 2.20. The van der Waals surface area contributed by atoms with Crippen molar-refractivity contribution in [1.29, 1.82) is 0 Å². The first kappa shape index (κ1) is 24.0. The van der Waals surface area contributed by atoms with Crippen LogP contribution in [0.4, 0.5) is 0 Å². The molecule has 0 saturated heterocycles. The monoisotopic (exact) mass is 450 g/mol. The summed E-state index contributed by atoms with van der Waals surface area (Å²) in [6, 6.07) is 13.5. The fraction of sp³-hybridized carbons (Fsp3) is 0.391. The highest BCUT2D eigenvalue weighted by atomic mass is 35.5. The maximum absolute atomic E-state index is 13.1. The lowest BCUT2D eigenvalue weighted by Gasteiger charge is -2.31. The number of hydrogen-bond donors (Lipinski definition) is 1. The van der Waals surface area contributed by atoms with E-state index in [1.54, 1.807) is 41.3 Å². The van der Waals surface area contributed by atoms with Crippen LogP contribution in [0.15, 0.2) is 48.5 Å². The average molecular weight is 451 g/mol. The van der Waals surface area contributed by atoms with Crippen molar-refractivity contribution in [3.63, 3.8) is 0 Å². The topological polar surface area (TPSA) is 58.6 Å². The molecule has 2 aromatic rings. The molecule has 30 heavy (non-hydrogen) atoms. The molecule has 162 valence electrons. The predicted molar refractivity (Wildman–Crippen MR) is 121 cm³/mol. The van der Waals surface area contributed by atoms with Crippen LogP contribution >= 0.6 is 23.2 Å². The minimum atomic E-state index is -0.606. The van der Waals surface area contributed by atoms with Crippen LogP contribution in [0.25, 0.3) is 0 Å². The van der Waals surface area contributed by atoms with Gasteiger partial charge in [-0.05, 0) is 55.7 Å². The number of nitrogens with zero attached hydrogens (tertiary/aromatic N) is 1. The van der Waals surface area contributed by atoms with E-state index in [-0.39, 0.29) is 31.0 Å². The Labute approximate surface area is 188 Å². The number of nitrogens with one attached hydrogen (secondary N) is 1. The van der Waals surface area contributed by atoms with Crippen LogP contribution in [-0.4, -0.2) is 35.4 Å². The van der Waals surface area contributed by atoms with E-state index in [9.17, 15) is 9.59 Å². The summed E-state index contributed by atoms with van der Waals surface area (Å²) in [5.74, 6) is 0.0485. The third kappa shape index (κ3) is 7.22. The predicted octanol–water partition coefficient (Wildman–Crippen LogP) is 5.09. The van der Waals surface area contributed by atoms with E-state index >= 15 is 0 Å². The molecule has 2 atom stereocenters. The molecule has 0 bridgehead atoms. The van der Waals surface area contributed by atoms with Gasteiger partial charge in [0.2, 0.25) is 5.91 Å². The van der Waals surface area contributed by atoms with Gasteiger partial charge in [-0.2, -0.15) is 0 Å². The summed E-state index contributed by atoms with van der Waals surface area (Å²) in [4.78, 5) is 27.5. The summed E-state index contributed by atoms with van der Waals surface area (Å²) in [7, 11) is 0. The molecule has 0 fully saturated rings. The van der Waals surface area contributed by atoms with Gasteiger partial charge < -0.3 is 15.0 Å². The lowest BCUT2D eigenvalue weighted by molar-refractivity contribution is -0.143. The Kier molecular flexibility index (Phi) is 9.47. The minimum absolute atomic E-state index is 0.0294. The largest absolute Gasteiger partial charge is 0.484 e. The molecule has 0 spiro atoms. The quantitative estimate of drug-likeness (QED) is 0.547. The van der Waals surface area contributed by atoms with Crippen molar-refractivity contribution in [1.82, 2.24) is 10.2 Å². The second kappa shape index (κ2) is 11.8. The number of halogens is 2. The number of carbonyl (C=O) groups excluding carboxylic acids is 2. The number of benzene rings is 2. The average Bonchev–Trinajstić information content (AvgIpc) is 2.73. The molecule has 0 heterocycles. The molecular weight excluding hydrogens is 423 g/mol. The van der Waals surface area contributed by atoms with Gasteiger partial charge in [0, 0.05) is 22.6 Å². The highest BCUT2D eigenvalue weighted by Gasteiger charge is 2.29.